The van der Waals surface area contributed by atoms with Crippen LogP contribution in [0, 0.1) is 26.6 Å². The normalized spacial score (nSPS) is 10.8. The van der Waals surface area contributed by atoms with E-state index >= 15 is 0 Å². The molecule has 6 nitrogen and oxygen atoms in total. The van der Waals surface area contributed by atoms with E-state index in [2.05, 4.69) is 31.8 Å². The van der Waals surface area contributed by atoms with Crippen LogP contribution in [0.2, 0.25) is 0 Å². The van der Waals surface area contributed by atoms with E-state index in [-0.39, 0.29) is 5.82 Å². The molecule has 2 aromatic heterocycles. The van der Waals surface area contributed by atoms with Gasteiger partial charge in [-0.2, -0.15) is 10.1 Å². The Bertz CT molecular complexity index is 1150. The number of nitrogens with one attached hydrogen (secondary N) is 2. The predicted molar refractivity (Wildman–Crippen MR) is 117 cm³/mol. The SMILES string of the molecule is Cc1cc(C)cc(Nc2ncc(F)c(-n3cc(CNc4ccccc4)c(C)n3)n2)c1. The van der Waals surface area contributed by atoms with Gasteiger partial charge in [0.1, 0.15) is 0 Å². The molecule has 4 rings (SSSR count). The smallest absolute Gasteiger partial charge is 0.229 e. The third-order valence-corrected chi connectivity index (χ3v) is 4.68. The van der Waals surface area contributed by atoms with Crippen molar-refractivity contribution in [3.63, 3.8) is 0 Å². The molecule has 0 spiro atoms. The zero-order valence-corrected chi connectivity index (χ0v) is 17.1. The van der Waals surface area contributed by atoms with Crippen molar-refractivity contribution in [3.8, 4) is 5.82 Å². The quantitative estimate of drug-likeness (QED) is 0.471. The molecule has 2 aromatic carbocycles. The summed E-state index contributed by atoms with van der Waals surface area (Å²) in [5.74, 6) is -0.120. The van der Waals surface area contributed by atoms with E-state index in [0.717, 1.165) is 40.0 Å². The van der Waals surface area contributed by atoms with E-state index < -0.39 is 5.82 Å². The predicted octanol–water partition coefficient (Wildman–Crippen LogP) is 5.08. The van der Waals surface area contributed by atoms with Crippen molar-refractivity contribution in [1.82, 2.24) is 19.7 Å². The zero-order valence-electron chi connectivity index (χ0n) is 17.1. The molecule has 152 valence electrons. The molecule has 0 bridgehead atoms. The molecule has 0 amide bonds. The molecule has 4 aromatic rings. The summed E-state index contributed by atoms with van der Waals surface area (Å²) in [6.45, 7) is 6.52. The summed E-state index contributed by atoms with van der Waals surface area (Å²) < 4.78 is 15.9. The summed E-state index contributed by atoms with van der Waals surface area (Å²) in [7, 11) is 0. The van der Waals surface area contributed by atoms with Crippen molar-refractivity contribution < 1.29 is 4.39 Å². The second kappa shape index (κ2) is 8.32. The van der Waals surface area contributed by atoms with Crippen molar-refractivity contribution >= 4 is 17.3 Å². The zero-order chi connectivity index (χ0) is 21.1. The second-order valence-electron chi connectivity index (χ2n) is 7.27. The molecule has 0 aliphatic rings. The molecule has 0 unspecified atom stereocenters. The number of aryl methyl sites for hydroxylation is 3. The van der Waals surface area contributed by atoms with E-state index in [0.29, 0.717) is 12.5 Å². The number of anilines is 3. The van der Waals surface area contributed by atoms with Crippen LogP contribution in [-0.2, 0) is 6.54 Å². The molecule has 0 atom stereocenters. The minimum atomic E-state index is -0.536. The van der Waals surface area contributed by atoms with Gasteiger partial charge in [-0.15, -0.1) is 0 Å². The Morgan fingerprint density at radius 2 is 1.70 bits per heavy atom. The van der Waals surface area contributed by atoms with E-state index in [1.807, 2.05) is 63.2 Å². The Labute approximate surface area is 174 Å². The lowest BCUT2D eigenvalue weighted by molar-refractivity contribution is 0.593. The van der Waals surface area contributed by atoms with Crippen LogP contribution in [0.5, 0.6) is 0 Å². The van der Waals surface area contributed by atoms with Crippen molar-refractivity contribution in [3.05, 3.63) is 89.1 Å². The number of para-hydroxylation sites is 1. The number of aromatic nitrogens is 4. The summed E-state index contributed by atoms with van der Waals surface area (Å²) in [5.41, 5.74) is 5.88. The Morgan fingerprint density at radius 1 is 0.967 bits per heavy atom. The van der Waals surface area contributed by atoms with Gasteiger partial charge in [-0.25, -0.2) is 14.1 Å². The number of nitrogens with zero attached hydrogens (tertiary/aromatic N) is 4. The van der Waals surface area contributed by atoms with Crippen LogP contribution >= 0.6 is 0 Å². The fourth-order valence-corrected chi connectivity index (χ4v) is 3.29. The number of hydrogen-bond acceptors (Lipinski definition) is 5. The number of benzene rings is 2. The molecular formula is C23H23FN6. The highest BCUT2D eigenvalue weighted by Gasteiger charge is 2.13. The lowest BCUT2D eigenvalue weighted by Gasteiger charge is -2.09. The fraction of sp³-hybridized carbons (Fsp3) is 0.174. The summed E-state index contributed by atoms with van der Waals surface area (Å²) in [4.78, 5) is 8.43. The van der Waals surface area contributed by atoms with Gasteiger partial charge in [0.15, 0.2) is 11.6 Å². The van der Waals surface area contributed by atoms with Crippen LogP contribution < -0.4 is 10.6 Å². The van der Waals surface area contributed by atoms with Crippen molar-refractivity contribution in [2.24, 2.45) is 0 Å². The van der Waals surface area contributed by atoms with Crippen molar-refractivity contribution in [1.29, 1.82) is 0 Å². The van der Waals surface area contributed by atoms with E-state index in [9.17, 15) is 4.39 Å². The third kappa shape index (κ3) is 4.46. The number of halogens is 1. The lowest BCUT2D eigenvalue weighted by atomic mass is 10.1. The number of hydrogen-bond donors (Lipinski definition) is 2. The molecule has 0 aliphatic carbocycles. The van der Waals surface area contributed by atoms with Gasteiger partial charge in [0.2, 0.25) is 5.95 Å². The highest BCUT2D eigenvalue weighted by atomic mass is 19.1. The maximum atomic E-state index is 14.5. The molecule has 30 heavy (non-hydrogen) atoms. The van der Waals surface area contributed by atoms with Gasteiger partial charge < -0.3 is 10.6 Å². The number of rotatable bonds is 6. The van der Waals surface area contributed by atoms with Crippen LogP contribution in [0.15, 0.2) is 60.9 Å². The van der Waals surface area contributed by atoms with Gasteiger partial charge in [-0.3, -0.25) is 0 Å². The van der Waals surface area contributed by atoms with Gasteiger partial charge in [0.05, 0.1) is 11.9 Å². The highest BCUT2D eigenvalue weighted by molar-refractivity contribution is 5.56. The Kier molecular flexibility index (Phi) is 5.43. The van der Waals surface area contributed by atoms with Crippen LogP contribution in [-0.4, -0.2) is 19.7 Å². The van der Waals surface area contributed by atoms with Gasteiger partial charge >= 0.3 is 0 Å². The largest absolute Gasteiger partial charge is 0.381 e. The van der Waals surface area contributed by atoms with Gasteiger partial charge in [-0.1, -0.05) is 24.3 Å². The Hall–Kier alpha value is -3.74. The van der Waals surface area contributed by atoms with E-state index in [1.54, 1.807) is 6.20 Å². The van der Waals surface area contributed by atoms with Crippen LogP contribution in [0.4, 0.5) is 21.7 Å². The first-order valence-electron chi connectivity index (χ1n) is 9.70. The Balaban J connectivity index is 1.57. The molecule has 0 saturated heterocycles. The van der Waals surface area contributed by atoms with E-state index in [4.69, 9.17) is 0 Å². The van der Waals surface area contributed by atoms with Crippen LogP contribution in [0.25, 0.3) is 5.82 Å². The molecule has 0 aliphatic heterocycles. The molecule has 0 fully saturated rings. The van der Waals surface area contributed by atoms with Crippen molar-refractivity contribution in [2.45, 2.75) is 27.3 Å². The minimum Gasteiger partial charge on any atom is -0.381 e. The first-order chi connectivity index (χ1) is 14.5. The molecule has 2 N–H and O–H groups in total. The standard InChI is InChI=1S/C23H23FN6/c1-15-9-16(2)11-20(10-15)27-23-26-13-21(24)22(28-23)30-14-18(17(3)29-30)12-25-19-7-5-4-6-8-19/h4-11,13-14,25H,12H2,1-3H3,(H,26,27,28). The molecule has 0 saturated carbocycles. The Morgan fingerprint density at radius 3 is 2.43 bits per heavy atom. The minimum absolute atomic E-state index is 0.103. The first kappa shape index (κ1) is 19.6. The summed E-state index contributed by atoms with van der Waals surface area (Å²) in [6, 6.07) is 16.0. The molecule has 0 radical (unpaired) electrons. The maximum absolute atomic E-state index is 14.5. The van der Waals surface area contributed by atoms with Gasteiger partial charge in [0, 0.05) is 29.7 Å². The summed E-state index contributed by atoms with van der Waals surface area (Å²) in [6.07, 6.45) is 2.95. The summed E-state index contributed by atoms with van der Waals surface area (Å²) in [5, 5.41) is 10.9. The molecular weight excluding hydrogens is 379 g/mol. The summed E-state index contributed by atoms with van der Waals surface area (Å²) >= 11 is 0. The fourth-order valence-electron chi connectivity index (χ4n) is 3.29. The molecule has 2 heterocycles. The monoisotopic (exact) mass is 402 g/mol. The lowest BCUT2D eigenvalue weighted by Crippen LogP contribution is -2.07. The third-order valence-electron chi connectivity index (χ3n) is 4.68. The van der Waals surface area contributed by atoms with Crippen LogP contribution in [0.1, 0.15) is 22.4 Å². The topological polar surface area (TPSA) is 67.7 Å². The average Bonchev–Trinajstić information content (AvgIpc) is 3.08. The highest BCUT2D eigenvalue weighted by Crippen LogP contribution is 2.20. The van der Waals surface area contributed by atoms with E-state index in [1.165, 1.54) is 4.68 Å². The van der Waals surface area contributed by atoms with Crippen molar-refractivity contribution in [2.75, 3.05) is 10.6 Å². The first-order valence-corrected chi connectivity index (χ1v) is 9.70. The molecule has 7 heteroatoms. The van der Waals surface area contributed by atoms with Crippen LogP contribution in [0.3, 0.4) is 0 Å². The average molecular weight is 402 g/mol. The maximum Gasteiger partial charge on any atom is 0.229 e. The second-order valence-corrected chi connectivity index (χ2v) is 7.27. The van der Waals surface area contributed by atoms with Gasteiger partial charge in [-0.05, 0) is 56.2 Å². The van der Waals surface area contributed by atoms with Gasteiger partial charge in [0.25, 0.3) is 0 Å².